The fraction of sp³-hybridized carbons (Fsp3) is 0.357. The Morgan fingerprint density at radius 2 is 2.22 bits per heavy atom. The molecular formula is C14H19N3O. The minimum Gasteiger partial charge on any atom is -0.495 e. The van der Waals surface area contributed by atoms with Crippen LogP contribution in [0.25, 0.3) is 0 Å². The van der Waals surface area contributed by atoms with Crippen LogP contribution in [0.3, 0.4) is 0 Å². The second-order valence-electron chi connectivity index (χ2n) is 4.29. The smallest absolute Gasteiger partial charge is 0.141 e. The number of aryl methyl sites for hydroxylation is 1. The van der Waals surface area contributed by atoms with Crippen LogP contribution in [0.2, 0.25) is 0 Å². The summed E-state index contributed by atoms with van der Waals surface area (Å²) in [6.45, 7) is 3.16. The lowest BCUT2D eigenvalue weighted by Gasteiger charge is -2.09. The summed E-state index contributed by atoms with van der Waals surface area (Å²) in [5, 5.41) is 0. The van der Waals surface area contributed by atoms with E-state index in [1.165, 1.54) is 0 Å². The van der Waals surface area contributed by atoms with E-state index in [4.69, 9.17) is 10.5 Å². The molecule has 0 bridgehead atoms. The first kappa shape index (κ1) is 12.5. The molecule has 2 rings (SSSR count). The molecule has 1 heterocycles. The number of rotatable bonds is 5. The maximum Gasteiger partial charge on any atom is 0.141 e. The number of aromatic nitrogens is 2. The summed E-state index contributed by atoms with van der Waals surface area (Å²) in [6, 6.07) is 5.88. The fourth-order valence-corrected chi connectivity index (χ4v) is 2.03. The minimum absolute atomic E-state index is 0.670. The SMILES string of the molecule is CCCn1ccnc1Cc1ccc(OC)c(N)c1. The summed E-state index contributed by atoms with van der Waals surface area (Å²) in [7, 11) is 1.62. The normalized spacial score (nSPS) is 10.6. The van der Waals surface area contributed by atoms with Gasteiger partial charge in [-0.2, -0.15) is 0 Å². The molecule has 0 saturated carbocycles. The van der Waals surface area contributed by atoms with Crippen molar-refractivity contribution in [1.82, 2.24) is 9.55 Å². The van der Waals surface area contributed by atoms with Crippen molar-refractivity contribution in [1.29, 1.82) is 0 Å². The molecule has 0 radical (unpaired) electrons. The predicted molar refractivity (Wildman–Crippen MR) is 72.7 cm³/mol. The van der Waals surface area contributed by atoms with Crippen molar-refractivity contribution in [2.24, 2.45) is 0 Å². The summed E-state index contributed by atoms with van der Waals surface area (Å²) in [4.78, 5) is 4.39. The number of anilines is 1. The van der Waals surface area contributed by atoms with E-state index in [1.54, 1.807) is 7.11 Å². The third-order valence-corrected chi connectivity index (χ3v) is 2.92. The molecule has 0 aliphatic heterocycles. The van der Waals surface area contributed by atoms with E-state index in [2.05, 4.69) is 16.5 Å². The second-order valence-corrected chi connectivity index (χ2v) is 4.29. The zero-order valence-corrected chi connectivity index (χ0v) is 10.9. The Labute approximate surface area is 107 Å². The molecule has 4 nitrogen and oxygen atoms in total. The fourth-order valence-electron chi connectivity index (χ4n) is 2.03. The van der Waals surface area contributed by atoms with E-state index >= 15 is 0 Å². The number of nitrogens with zero attached hydrogens (tertiary/aromatic N) is 2. The van der Waals surface area contributed by atoms with Crippen molar-refractivity contribution in [3.8, 4) is 5.75 Å². The summed E-state index contributed by atoms with van der Waals surface area (Å²) >= 11 is 0. The van der Waals surface area contributed by atoms with Gasteiger partial charge in [-0.15, -0.1) is 0 Å². The number of nitrogens with two attached hydrogens (primary N) is 1. The Morgan fingerprint density at radius 1 is 1.39 bits per heavy atom. The molecule has 0 saturated heterocycles. The van der Waals surface area contributed by atoms with Crippen LogP contribution in [0, 0.1) is 0 Å². The molecule has 1 aromatic carbocycles. The molecule has 1 aromatic heterocycles. The van der Waals surface area contributed by atoms with Crippen LogP contribution in [-0.4, -0.2) is 16.7 Å². The monoisotopic (exact) mass is 245 g/mol. The Bertz CT molecular complexity index is 520. The summed E-state index contributed by atoms with van der Waals surface area (Å²) in [5.74, 6) is 1.79. The zero-order valence-electron chi connectivity index (χ0n) is 10.9. The Morgan fingerprint density at radius 3 is 2.89 bits per heavy atom. The number of nitrogen functional groups attached to an aromatic ring is 1. The van der Waals surface area contributed by atoms with Crippen LogP contribution < -0.4 is 10.5 Å². The molecule has 0 atom stereocenters. The lowest BCUT2D eigenvalue weighted by Crippen LogP contribution is -2.04. The van der Waals surface area contributed by atoms with E-state index in [-0.39, 0.29) is 0 Å². The van der Waals surface area contributed by atoms with Crippen molar-refractivity contribution in [3.05, 3.63) is 42.0 Å². The Kier molecular flexibility index (Phi) is 3.87. The van der Waals surface area contributed by atoms with Gasteiger partial charge in [-0.05, 0) is 24.1 Å². The molecule has 0 aliphatic carbocycles. The predicted octanol–water partition coefficient (Wildman–Crippen LogP) is 2.47. The molecule has 0 amide bonds. The van der Waals surface area contributed by atoms with Crippen molar-refractivity contribution in [2.45, 2.75) is 26.3 Å². The van der Waals surface area contributed by atoms with Gasteiger partial charge in [0, 0.05) is 25.4 Å². The number of ether oxygens (including phenoxy) is 1. The van der Waals surface area contributed by atoms with Crippen LogP contribution in [0.15, 0.2) is 30.6 Å². The zero-order chi connectivity index (χ0) is 13.0. The van der Waals surface area contributed by atoms with E-state index in [9.17, 15) is 0 Å². The average Bonchev–Trinajstić information content (AvgIpc) is 2.78. The Balaban J connectivity index is 2.18. The van der Waals surface area contributed by atoms with E-state index in [0.29, 0.717) is 5.69 Å². The van der Waals surface area contributed by atoms with Gasteiger partial charge in [-0.25, -0.2) is 4.98 Å². The standard InChI is InChI=1S/C14H19N3O/c1-3-7-17-8-6-16-14(17)10-11-4-5-13(18-2)12(15)9-11/h4-6,8-9H,3,7,10,15H2,1-2H3. The van der Waals surface area contributed by atoms with Crippen LogP contribution in [0.1, 0.15) is 24.7 Å². The maximum absolute atomic E-state index is 5.91. The van der Waals surface area contributed by atoms with Gasteiger partial charge in [-0.1, -0.05) is 13.0 Å². The molecule has 0 spiro atoms. The van der Waals surface area contributed by atoms with Crippen molar-refractivity contribution < 1.29 is 4.74 Å². The van der Waals surface area contributed by atoms with Gasteiger partial charge in [0.05, 0.1) is 12.8 Å². The molecule has 4 heteroatoms. The third-order valence-electron chi connectivity index (χ3n) is 2.92. The van der Waals surface area contributed by atoms with Crippen molar-refractivity contribution in [3.63, 3.8) is 0 Å². The molecule has 0 fully saturated rings. The van der Waals surface area contributed by atoms with Gasteiger partial charge >= 0.3 is 0 Å². The summed E-state index contributed by atoms with van der Waals surface area (Å²) in [5.41, 5.74) is 7.73. The summed E-state index contributed by atoms with van der Waals surface area (Å²) in [6.07, 6.45) is 5.76. The number of imidazole rings is 1. The van der Waals surface area contributed by atoms with Crippen LogP contribution >= 0.6 is 0 Å². The van der Waals surface area contributed by atoms with Crippen molar-refractivity contribution in [2.75, 3.05) is 12.8 Å². The summed E-state index contributed by atoms with van der Waals surface area (Å²) < 4.78 is 7.33. The molecule has 0 unspecified atom stereocenters. The first-order valence-electron chi connectivity index (χ1n) is 6.17. The highest BCUT2D eigenvalue weighted by molar-refractivity contribution is 5.54. The van der Waals surface area contributed by atoms with Gasteiger partial charge in [0.15, 0.2) is 0 Å². The lowest BCUT2D eigenvalue weighted by molar-refractivity contribution is 0.417. The lowest BCUT2D eigenvalue weighted by atomic mass is 10.1. The molecule has 96 valence electrons. The highest BCUT2D eigenvalue weighted by Gasteiger charge is 2.06. The largest absolute Gasteiger partial charge is 0.495 e. The first-order valence-corrected chi connectivity index (χ1v) is 6.17. The molecule has 2 N–H and O–H groups in total. The van der Waals surface area contributed by atoms with Gasteiger partial charge < -0.3 is 15.0 Å². The van der Waals surface area contributed by atoms with Crippen molar-refractivity contribution >= 4 is 5.69 Å². The average molecular weight is 245 g/mol. The highest BCUT2D eigenvalue weighted by atomic mass is 16.5. The maximum atomic E-state index is 5.91. The minimum atomic E-state index is 0.670. The van der Waals surface area contributed by atoms with E-state index in [1.807, 2.05) is 30.6 Å². The second kappa shape index (κ2) is 5.58. The third kappa shape index (κ3) is 2.64. The Hall–Kier alpha value is -1.97. The number of hydrogen-bond donors (Lipinski definition) is 1. The van der Waals surface area contributed by atoms with Gasteiger partial charge in [0.1, 0.15) is 11.6 Å². The van der Waals surface area contributed by atoms with Crippen LogP contribution in [-0.2, 0) is 13.0 Å². The van der Waals surface area contributed by atoms with Crippen LogP contribution in [0.5, 0.6) is 5.75 Å². The topological polar surface area (TPSA) is 53.1 Å². The number of methoxy groups -OCH3 is 1. The quantitative estimate of drug-likeness (QED) is 0.823. The van der Waals surface area contributed by atoms with Gasteiger partial charge in [0.25, 0.3) is 0 Å². The van der Waals surface area contributed by atoms with Gasteiger partial charge in [0.2, 0.25) is 0 Å². The highest BCUT2D eigenvalue weighted by Crippen LogP contribution is 2.23. The van der Waals surface area contributed by atoms with Gasteiger partial charge in [-0.3, -0.25) is 0 Å². The van der Waals surface area contributed by atoms with E-state index < -0.39 is 0 Å². The molecule has 0 aliphatic rings. The van der Waals surface area contributed by atoms with Crippen LogP contribution in [0.4, 0.5) is 5.69 Å². The molecule has 18 heavy (non-hydrogen) atoms. The number of hydrogen-bond acceptors (Lipinski definition) is 3. The molecular weight excluding hydrogens is 226 g/mol. The van der Waals surface area contributed by atoms with E-state index in [0.717, 1.165) is 36.5 Å². The molecule has 2 aromatic rings. The first-order chi connectivity index (χ1) is 8.74. The number of benzene rings is 1.